The topological polar surface area (TPSA) is 105 Å². The monoisotopic (exact) mass is 357 g/mol. The fourth-order valence-electron chi connectivity index (χ4n) is 2.78. The van der Waals surface area contributed by atoms with Gasteiger partial charge in [-0.25, -0.2) is 9.97 Å². The van der Waals surface area contributed by atoms with E-state index in [2.05, 4.69) is 15.0 Å². The number of fused-ring (bicyclic) bond motifs is 1. The van der Waals surface area contributed by atoms with Crippen LogP contribution >= 0.6 is 0 Å². The van der Waals surface area contributed by atoms with E-state index in [0.717, 1.165) is 17.6 Å². The van der Waals surface area contributed by atoms with Crippen molar-refractivity contribution in [2.45, 2.75) is 32.5 Å². The van der Waals surface area contributed by atoms with Gasteiger partial charge in [-0.05, 0) is 18.1 Å². The molecule has 8 heteroatoms. The number of nitrogen functional groups attached to an aromatic ring is 1. The van der Waals surface area contributed by atoms with Gasteiger partial charge in [-0.15, -0.1) is 0 Å². The summed E-state index contributed by atoms with van der Waals surface area (Å²) in [6.07, 6.45) is 6.98. The minimum atomic E-state index is -0.331. The summed E-state index contributed by atoms with van der Waals surface area (Å²) >= 11 is 0. The lowest BCUT2D eigenvalue weighted by atomic mass is 10.1. The van der Waals surface area contributed by atoms with Gasteiger partial charge >= 0.3 is 0 Å². The highest BCUT2D eigenvalue weighted by Gasteiger charge is 2.14. The van der Waals surface area contributed by atoms with Crippen LogP contribution in [0.1, 0.15) is 25.3 Å². The maximum Gasteiger partial charge on any atom is 0.293 e. The van der Waals surface area contributed by atoms with E-state index < -0.39 is 0 Å². The van der Waals surface area contributed by atoms with Crippen LogP contribution in [-0.4, -0.2) is 47.3 Å². The van der Waals surface area contributed by atoms with E-state index in [4.69, 9.17) is 15.2 Å². The standard InChI is InChI=1S/C18H23N5O3/c1-3-7-26-8-6-23-14-9-13(12-4-5-15(25-2)20-10-12)11-21-17(14)22-16(19)18(23)24/h4,9-11,15H,3,5-8H2,1-2H3,(H2,19,21,22). The van der Waals surface area contributed by atoms with Crippen molar-refractivity contribution in [3.63, 3.8) is 0 Å². The first-order valence-electron chi connectivity index (χ1n) is 8.64. The summed E-state index contributed by atoms with van der Waals surface area (Å²) in [6.45, 7) is 3.51. The lowest BCUT2D eigenvalue weighted by molar-refractivity contribution is 0.113. The molecule has 0 saturated heterocycles. The SMILES string of the molecule is CCCOCCn1c(=O)c(N)nc2ncc(C3=CCC(OC)N=C3)cc21. The maximum absolute atomic E-state index is 12.5. The number of rotatable bonds is 7. The van der Waals surface area contributed by atoms with Crippen LogP contribution in [-0.2, 0) is 16.0 Å². The van der Waals surface area contributed by atoms with Gasteiger partial charge in [-0.1, -0.05) is 13.0 Å². The fourth-order valence-corrected chi connectivity index (χ4v) is 2.78. The molecule has 138 valence electrons. The fraction of sp³-hybridized carbons (Fsp3) is 0.444. The molecule has 3 rings (SSSR count). The van der Waals surface area contributed by atoms with Crippen LogP contribution in [0, 0.1) is 0 Å². The first kappa shape index (κ1) is 18.2. The lowest BCUT2D eigenvalue weighted by Gasteiger charge is -2.15. The summed E-state index contributed by atoms with van der Waals surface area (Å²) in [4.78, 5) is 25.3. The highest BCUT2D eigenvalue weighted by molar-refractivity contribution is 6.10. The Hall–Kier alpha value is -2.58. The summed E-state index contributed by atoms with van der Waals surface area (Å²) in [5.41, 5.74) is 8.29. The van der Waals surface area contributed by atoms with Gasteiger partial charge in [0.2, 0.25) is 0 Å². The second kappa shape index (κ2) is 8.20. The van der Waals surface area contributed by atoms with Crippen LogP contribution in [0.15, 0.2) is 28.1 Å². The van der Waals surface area contributed by atoms with Gasteiger partial charge in [0.15, 0.2) is 17.7 Å². The first-order chi connectivity index (χ1) is 12.6. The summed E-state index contributed by atoms with van der Waals surface area (Å²) in [7, 11) is 1.63. The van der Waals surface area contributed by atoms with E-state index in [1.165, 1.54) is 0 Å². The van der Waals surface area contributed by atoms with Crippen LogP contribution in [0.2, 0.25) is 0 Å². The highest BCUT2D eigenvalue weighted by atomic mass is 16.5. The Bertz CT molecular complexity index is 904. The molecule has 1 atom stereocenters. The molecule has 3 heterocycles. The van der Waals surface area contributed by atoms with Gasteiger partial charge < -0.3 is 15.2 Å². The van der Waals surface area contributed by atoms with Crippen LogP contribution in [0.5, 0.6) is 0 Å². The Kier molecular flexibility index (Phi) is 5.75. The molecule has 0 aliphatic carbocycles. The minimum Gasteiger partial charge on any atom is -0.380 e. The number of ether oxygens (including phenoxy) is 2. The molecule has 0 radical (unpaired) electrons. The molecule has 26 heavy (non-hydrogen) atoms. The van der Waals surface area contributed by atoms with E-state index in [0.29, 0.717) is 37.3 Å². The first-order valence-corrected chi connectivity index (χ1v) is 8.64. The Morgan fingerprint density at radius 1 is 1.38 bits per heavy atom. The molecule has 1 unspecified atom stereocenters. The van der Waals surface area contributed by atoms with Gasteiger partial charge in [-0.3, -0.25) is 14.4 Å². The van der Waals surface area contributed by atoms with E-state index >= 15 is 0 Å². The number of hydrogen-bond acceptors (Lipinski definition) is 7. The Balaban J connectivity index is 1.97. The molecule has 1 aliphatic rings. The number of dihydropyridines is 1. The molecule has 0 aromatic carbocycles. The summed E-state index contributed by atoms with van der Waals surface area (Å²) in [6, 6.07) is 1.89. The van der Waals surface area contributed by atoms with Crippen molar-refractivity contribution in [2.24, 2.45) is 4.99 Å². The van der Waals surface area contributed by atoms with Gasteiger partial charge in [-0.2, -0.15) is 0 Å². The zero-order valence-corrected chi connectivity index (χ0v) is 15.0. The Morgan fingerprint density at radius 2 is 2.23 bits per heavy atom. The summed E-state index contributed by atoms with van der Waals surface area (Å²) in [5, 5.41) is 0. The average molecular weight is 357 g/mol. The van der Waals surface area contributed by atoms with Crippen molar-refractivity contribution in [3.8, 4) is 0 Å². The zero-order chi connectivity index (χ0) is 18.5. The number of pyridine rings is 1. The highest BCUT2D eigenvalue weighted by Crippen LogP contribution is 2.21. The average Bonchev–Trinajstić information content (AvgIpc) is 2.67. The molecule has 0 spiro atoms. The van der Waals surface area contributed by atoms with Gasteiger partial charge in [0, 0.05) is 44.7 Å². The number of nitrogens with two attached hydrogens (primary N) is 1. The molecule has 8 nitrogen and oxygen atoms in total. The summed E-state index contributed by atoms with van der Waals surface area (Å²) < 4.78 is 12.3. The number of methoxy groups -OCH3 is 1. The number of aromatic nitrogens is 3. The third-order valence-corrected chi connectivity index (χ3v) is 4.16. The molecule has 1 aliphatic heterocycles. The predicted octanol–water partition coefficient (Wildman–Crippen LogP) is 1.63. The smallest absolute Gasteiger partial charge is 0.293 e. The minimum absolute atomic E-state index is 0.0605. The number of hydrogen-bond donors (Lipinski definition) is 1. The lowest BCUT2D eigenvalue weighted by Crippen LogP contribution is -2.27. The Morgan fingerprint density at radius 3 is 2.92 bits per heavy atom. The van der Waals surface area contributed by atoms with Crippen LogP contribution in [0.3, 0.4) is 0 Å². The number of nitrogens with zero attached hydrogens (tertiary/aromatic N) is 4. The van der Waals surface area contributed by atoms with Crippen molar-refractivity contribution in [1.82, 2.24) is 14.5 Å². The maximum atomic E-state index is 12.5. The largest absolute Gasteiger partial charge is 0.380 e. The number of aliphatic imine (C=N–C) groups is 1. The predicted molar refractivity (Wildman–Crippen MR) is 101 cm³/mol. The zero-order valence-electron chi connectivity index (χ0n) is 15.0. The molecule has 2 N–H and O–H groups in total. The second-order valence-corrected chi connectivity index (χ2v) is 6.00. The molecule has 0 fully saturated rings. The quantitative estimate of drug-likeness (QED) is 0.755. The van der Waals surface area contributed by atoms with Crippen LogP contribution < -0.4 is 11.3 Å². The van der Waals surface area contributed by atoms with Crippen molar-refractivity contribution in [2.75, 3.05) is 26.1 Å². The number of anilines is 1. The van der Waals surface area contributed by atoms with E-state index in [9.17, 15) is 4.79 Å². The molecule has 2 aromatic heterocycles. The molecule has 0 saturated carbocycles. The van der Waals surface area contributed by atoms with Crippen molar-refractivity contribution in [3.05, 3.63) is 34.3 Å². The van der Waals surface area contributed by atoms with Crippen molar-refractivity contribution in [1.29, 1.82) is 0 Å². The van der Waals surface area contributed by atoms with Crippen molar-refractivity contribution >= 4 is 28.8 Å². The molecule has 0 amide bonds. The van der Waals surface area contributed by atoms with Crippen LogP contribution in [0.25, 0.3) is 16.7 Å². The van der Waals surface area contributed by atoms with Crippen molar-refractivity contribution < 1.29 is 9.47 Å². The van der Waals surface area contributed by atoms with Crippen LogP contribution in [0.4, 0.5) is 5.82 Å². The van der Waals surface area contributed by atoms with Gasteiger partial charge in [0.1, 0.15) is 0 Å². The van der Waals surface area contributed by atoms with E-state index in [1.807, 2.05) is 19.1 Å². The number of allylic oxidation sites excluding steroid dienone is 1. The van der Waals surface area contributed by atoms with E-state index in [-0.39, 0.29) is 17.6 Å². The molecular formula is C18H23N5O3. The third kappa shape index (κ3) is 3.81. The Labute approximate surface area is 151 Å². The summed E-state index contributed by atoms with van der Waals surface area (Å²) in [5.74, 6) is -0.0605. The normalized spacial score (nSPS) is 16.8. The second-order valence-electron chi connectivity index (χ2n) is 6.00. The molecule has 2 aromatic rings. The van der Waals surface area contributed by atoms with Gasteiger partial charge in [0.05, 0.1) is 12.1 Å². The van der Waals surface area contributed by atoms with E-state index in [1.54, 1.807) is 24.1 Å². The molecular weight excluding hydrogens is 334 g/mol. The molecule has 0 bridgehead atoms. The van der Waals surface area contributed by atoms with Gasteiger partial charge in [0.25, 0.3) is 5.56 Å². The third-order valence-electron chi connectivity index (χ3n) is 4.16.